The molecule has 0 bridgehead atoms. The molecular formula is C25H22N4O5S. The Balaban J connectivity index is 1.58. The number of ether oxygens (including phenoxy) is 1. The molecule has 1 aromatic carbocycles. The number of nitrogens with two attached hydrogens (primary N) is 1. The zero-order valence-electron chi connectivity index (χ0n) is 19.0. The van der Waals surface area contributed by atoms with Crippen molar-refractivity contribution in [3.05, 3.63) is 56.2 Å². The number of carbonyl (C=O) groups excluding carboxylic acids is 2. The zero-order valence-corrected chi connectivity index (χ0v) is 19.9. The summed E-state index contributed by atoms with van der Waals surface area (Å²) in [6.45, 7) is 3.44. The largest absolute Gasteiger partial charge is 0.458 e. The van der Waals surface area contributed by atoms with Crippen molar-refractivity contribution in [1.82, 2.24) is 9.55 Å². The highest BCUT2D eigenvalue weighted by molar-refractivity contribution is 8.02. The van der Waals surface area contributed by atoms with Crippen LogP contribution in [-0.2, 0) is 33.1 Å². The van der Waals surface area contributed by atoms with Gasteiger partial charge >= 0.3 is 5.97 Å². The summed E-state index contributed by atoms with van der Waals surface area (Å²) in [5.74, 6) is -1.03. The Labute approximate surface area is 204 Å². The van der Waals surface area contributed by atoms with Crippen LogP contribution in [0.1, 0.15) is 42.5 Å². The van der Waals surface area contributed by atoms with Crippen LogP contribution < -0.4 is 16.6 Å². The molecule has 35 heavy (non-hydrogen) atoms. The molecule has 0 fully saturated rings. The summed E-state index contributed by atoms with van der Waals surface area (Å²) in [5, 5.41) is 16.8. The molecule has 0 saturated heterocycles. The minimum absolute atomic E-state index is 0.0875. The van der Waals surface area contributed by atoms with Crippen molar-refractivity contribution in [3.63, 3.8) is 0 Å². The van der Waals surface area contributed by atoms with Gasteiger partial charge in [0.05, 0.1) is 40.7 Å². The summed E-state index contributed by atoms with van der Waals surface area (Å²) in [7, 11) is 0. The maximum absolute atomic E-state index is 13.4. The van der Waals surface area contributed by atoms with E-state index in [0.717, 1.165) is 21.4 Å². The van der Waals surface area contributed by atoms with E-state index in [1.54, 1.807) is 30.5 Å². The van der Waals surface area contributed by atoms with E-state index >= 15 is 0 Å². The molecule has 0 radical (unpaired) electrons. The van der Waals surface area contributed by atoms with Gasteiger partial charge in [0.15, 0.2) is 5.60 Å². The van der Waals surface area contributed by atoms with E-state index in [1.807, 2.05) is 17.6 Å². The number of nitrogens with one attached hydrogen (secondary N) is 1. The fourth-order valence-electron chi connectivity index (χ4n) is 5.00. The normalized spacial score (nSPS) is 20.2. The second-order valence-electron chi connectivity index (χ2n) is 8.99. The molecular weight excluding hydrogens is 468 g/mol. The maximum atomic E-state index is 13.4. The van der Waals surface area contributed by atoms with E-state index in [4.69, 9.17) is 15.5 Å². The summed E-state index contributed by atoms with van der Waals surface area (Å²) < 4.78 is 6.77. The number of anilines is 1. The van der Waals surface area contributed by atoms with Crippen LogP contribution in [0.2, 0.25) is 0 Å². The molecule has 0 unspecified atom stereocenters. The number of hydrogen-bond donors (Lipinski definition) is 3. The Morgan fingerprint density at radius 3 is 2.91 bits per heavy atom. The van der Waals surface area contributed by atoms with E-state index in [9.17, 15) is 19.5 Å². The van der Waals surface area contributed by atoms with Crippen LogP contribution in [0, 0.1) is 0 Å². The highest BCUT2D eigenvalue weighted by Gasteiger charge is 2.45. The summed E-state index contributed by atoms with van der Waals surface area (Å²) >= 11 is 1.49. The first-order valence-electron chi connectivity index (χ1n) is 11.3. The molecule has 0 spiro atoms. The SMILES string of the molecule is CC[C@@]1(O)C(=O)OCc2c1cc1n(c2=O)Cc2c-1nc1ccc(NC(=O)[C@H](C)N)c3c1c2C=CS3. The van der Waals surface area contributed by atoms with Crippen LogP contribution in [0.3, 0.4) is 0 Å². The first-order chi connectivity index (χ1) is 16.7. The molecule has 3 aromatic rings. The van der Waals surface area contributed by atoms with Gasteiger partial charge in [0.2, 0.25) is 5.91 Å². The number of fused-ring (bicyclic) bond motifs is 5. The van der Waals surface area contributed by atoms with Crippen molar-refractivity contribution in [1.29, 1.82) is 0 Å². The zero-order chi connectivity index (χ0) is 24.6. The van der Waals surface area contributed by atoms with Gasteiger partial charge in [-0.3, -0.25) is 9.59 Å². The number of aliphatic hydroxyl groups is 1. The fraction of sp³-hybridized carbons (Fsp3) is 0.280. The van der Waals surface area contributed by atoms with Gasteiger partial charge in [0, 0.05) is 21.4 Å². The smallest absolute Gasteiger partial charge is 0.343 e. The van der Waals surface area contributed by atoms with E-state index in [0.29, 0.717) is 29.1 Å². The van der Waals surface area contributed by atoms with Crippen LogP contribution >= 0.6 is 11.8 Å². The average Bonchev–Trinajstić information content (AvgIpc) is 3.22. The molecule has 0 saturated carbocycles. The molecule has 9 nitrogen and oxygen atoms in total. The molecule has 2 aromatic heterocycles. The third-order valence-electron chi connectivity index (χ3n) is 6.94. The number of hydrogen-bond acceptors (Lipinski definition) is 8. The van der Waals surface area contributed by atoms with Crippen molar-refractivity contribution in [2.45, 2.75) is 50.0 Å². The van der Waals surface area contributed by atoms with E-state index < -0.39 is 17.6 Å². The molecule has 3 aliphatic rings. The predicted octanol–water partition coefficient (Wildman–Crippen LogP) is 2.44. The van der Waals surface area contributed by atoms with Gasteiger partial charge in [-0.15, -0.1) is 0 Å². The molecule has 6 rings (SSSR count). The number of esters is 1. The third-order valence-corrected chi connectivity index (χ3v) is 7.87. The monoisotopic (exact) mass is 490 g/mol. The van der Waals surface area contributed by atoms with Crippen LogP contribution in [0.25, 0.3) is 28.4 Å². The molecule has 3 aliphatic heterocycles. The Morgan fingerprint density at radius 2 is 2.17 bits per heavy atom. The van der Waals surface area contributed by atoms with Crippen molar-refractivity contribution in [2.24, 2.45) is 5.73 Å². The molecule has 4 N–H and O–H groups in total. The second kappa shape index (κ2) is 7.51. The summed E-state index contributed by atoms with van der Waals surface area (Å²) in [4.78, 5) is 43.9. The summed E-state index contributed by atoms with van der Waals surface area (Å²) in [6.07, 6.45) is 2.08. The number of cyclic esters (lactones) is 1. The number of amides is 1. The number of carbonyl (C=O) groups is 2. The summed E-state index contributed by atoms with van der Waals surface area (Å²) in [5.41, 5.74) is 8.51. The Hall–Kier alpha value is -3.47. The minimum atomic E-state index is -1.87. The molecule has 2 atom stereocenters. The first-order valence-corrected chi connectivity index (χ1v) is 12.2. The number of rotatable bonds is 3. The van der Waals surface area contributed by atoms with Crippen LogP contribution in [0.5, 0.6) is 0 Å². The number of aromatic nitrogens is 2. The standard InChI is InChI=1S/C25H22N4O5S/c1-3-25(33)15-8-18-20-13(9-29(18)23(31)14(15)10-34-24(25)32)12-6-7-35-21-17(28-22(30)11(2)26)5-4-16(27-20)19(12)21/h4-8,11,33H,3,9-10,26H2,1-2H3,(H,28,30)/t11-,25-/m0/s1. The number of thioether (sulfide) groups is 1. The van der Waals surface area contributed by atoms with E-state index in [2.05, 4.69) is 5.32 Å². The van der Waals surface area contributed by atoms with Gasteiger partial charge in [-0.2, -0.15) is 0 Å². The van der Waals surface area contributed by atoms with Gasteiger partial charge in [0.25, 0.3) is 5.56 Å². The van der Waals surface area contributed by atoms with Gasteiger partial charge in [-0.25, -0.2) is 9.78 Å². The van der Waals surface area contributed by atoms with Gasteiger partial charge in [-0.1, -0.05) is 18.7 Å². The molecule has 178 valence electrons. The van der Waals surface area contributed by atoms with Crippen molar-refractivity contribution in [2.75, 3.05) is 5.32 Å². The Bertz CT molecular complexity index is 1570. The van der Waals surface area contributed by atoms with Gasteiger partial charge < -0.3 is 25.5 Å². The minimum Gasteiger partial charge on any atom is -0.458 e. The van der Waals surface area contributed by atoms with Crippen molar-refractivity contribution >= 4 is 46.3 Å². The average molecular weight is 491 g/mol. The highest BCUT2D eigenvalue weighted by Crippen LogP contribution is 2.46. The maximum Gasteiger partial charge on any atom is 0.343 e. The molecule has 1 amide bonds. The van der Waals surface area contributed by atoms with E-state index in [-0.39, 0.29) is 35.6 Å². The van der Waals surface area contributed by atoms with Crippen LogP contribution in [0.15, 0.2) is 33.3 Å². The molecule has 10 heteroatoms. The molecule has 5 heterocycles. The van der Waals surface area contributed by atoms with Crippen molar-refractivity contribution < 1.29 is 19.4 Å². The Kier molecular flexibility index (Phi) is 4.73. The lowest BCUT2D eigenvalue weighted by atomic mass is 9.86. The third kappa shape index (κ3) is 2.97. The summed E-state index contributed by atoms with van der Waals surface area (Å²) in [6, 6.07) is 4.69. The lowest BCUT2D eigenvalue weighted by Gasteiger charge is -2.31. The topological polar surface area (TPSA) is 137 Å². The first kappa shape index (κ1) is 22.0. The highest BCUT2D eigenvalue weighted by atomic mass is 32.2. The number of pyridine rings is 2. The molecule has 0 aliphatic carbocycles. The van der Waals surface area contributed by atoms with Gasteiger partial charge in [-0.05, 0) is 48.6 Å². The van der Waals surface area contributed by atoms with Crippen molar-refractivity contribution in [3.8, 4) is 11.4 Å². The second-order valence-corrected chi connectivity index (χ2v) is 9.91. The van der Waals surface area contributed by atoms with E-state index in [1.165, 1.54) is 11.8 Å². The fourth-order valence-corrected chi connectivity index (χ4v) is 5.91. The number of nitrogens with zero attached hydrogens (tertiary/aromatic N) is 2. The quantitative estimate of drug-likeness (QED) is 0.373. The lowest BCUT2D eigenvalue weighted by molar-refractivity contribution is -0.172. The lowest BCUT2D eigenvalue weighted by Crippen LogP contribution is -2.44. The predicted molar refractivity (Wildman–Crippen MR) is 132 cm³/mol. The number of benzene rings is 1. The van der Waals surface area contributed by atoms with Crippen LogP contribution in [0.4, 0.5) is 5.69 Å². The van der Waals surface area contributed by atoms with Gasteiger partial charge in [0.1, 0.15) is 6.61 Å². The van der Waals surface area contributed by atoms with Crippen LogP contribution in [-0.4, -0.2) is 32.6 Å². The Morgan fingerprint density at radius 1 is 1.37 bits per heavy atom.